The van der Waals surface area contributed by atoms with E-state index in [-0.39, 0.29) is 6.61 Å². The second-order valence-corrected chi connectivity index (χ2v) is 3.83. The first-order chi connectivity index (χ1) is 7.79. The van der Waals surface area contributed by atoms with E-state index in [1.54, 1.807) is 12.5 Å². The maximum absolute atomic E-state index is 8.87. The summed E-state index contributed by atoms with van der Waals surface area (Å²) in [6.45, 7) is 2.96. The Labute approximate surface area is 93.1 Å². The molecule has 0 bridgehead atoms. The zero-order valence-electron chi connectivity index (χ0n) is 9.14. The number of imidazole rings is 1. The van der Waals surface area contributed by atoms with Gasteiger partial charge in [-0.05, 0) is 12.3 Å². The van der Waals surface area contributed by atoms with Gasteiger partial charge in [0.15, 0.2) is 5.65 Å². The van der Waals surface area contributed by atoms with E-state index in [2.05, 4.69) is 25.3 Å². The molecule has 0 aliphatic carbocycles. The fraction of sp³-hybridized carbons (Fsp3) is 0.500. The third kappa shape index (κ3) is 2.46. The second-order valence-electron chi connectivity index (χ2n) is 3.83. The van der Waals surface area contributed by atoms with Crippen LogP contribution >= 0.6 is 0 Å². The highest BCUT2D eigenvalue weighted by atomic mass is 16.3. The molecule has 1 unspecified atom stereocenters. The summed E-state index contributed by atoms with van der Waals surface area (Å²) >= 11 is 0. The Morgan fingerprint density at radius 3 is 3.19 bits per heavy atom. The molecule has 16 heavy (non-hydrogen) atoms. The first-order valence-corrected chi connectivity index (χ1v) is 5.30. The number of aliphatic hydroxyl groups is 1. The molecule has 0 fully saturated rings. The van der Waals surface area contributed by atoms with Crippen LogP contribution in [0, 0.1) is 5.92 Å². The highest BCUT2D eigenvalue weighted by Gasteiger charge is 2.02. The maximum Gasteiger partial charge on any atom is 0.224 e. The van der Waals surface area contributed by atoms with E-state index in [1.807, 2.05) is 6.92 Å². The lowest BCUT2D eigenvalue weighted by Crippen LogP contribution is -2.11. The number of hydrogen-bond acceptors (Lipinski definition) is 5. The van der Waals surface area contributed by atoms with Crippen LogP contribution in [0.3, 0.4) is 0 Å². The summed E-state index contributed by atoms with van der Waals surface area (Å²) in [5, 5.41) is 12.0. The van der Waals surface area contributed by atoms with Crippen LogP contribution < -0.4 is 5.32 Å². The van der Waals surface area contributed by atoms with Crippen LogP contribution in [0.25, 0.3) is 11.2 Å². The van der Waals surface area contributed by atoms with Crippen molar-refractivity contribution < 1.29 is 5.11 Å². The molecule has 0 saturated carbocycles. The molecule has 3 N–H and O–H groups in total. The van der Waals surface area contributed by atoms with E-state index in [4.69, 9.17) is 5.11 Å². The Morgan fingerprint density at radius 1 is 1.50 bits per heavy atom. The summed E-state index contributed by atoms with van der Waals surface area (Å²) in [5.41, 5.74) is 1.49. The van der Waals surface area contributed by atoms with Crippen molar-refractivity contribution in [3.05, 3.63) is 12.5 Å². The number of nitrogens with one attached hydrogen (secondary N) is 2. The Morgan fingerprint density at radius 2 is 2.38 bits per heavy atom. The van der Waals surface area contributed by atoms with Gasteiger partial charge in [-0.3, -0.25) is 0 Å². The zero-order chi connectivity index (χ0) is 11.4. The van der Waals surface area contributed by atoms with Crippen molar-refractivity contribution in [3.63, 3.8) is 0 Å². The predicted molar refractivity (Wildman–Crippen MR) is 61.0 cm³/mol. The number of anilines is 1. The van der Waals surface area contributed by atoms with Gasteiger partial charge in [-0.25, -0.2) is 9.97 Å². The Bertz CT molecular complexity index is 455. The minimum atomic E-state index is 0.210. The first-order valence-electron chi connectivity index (χ1n) is 5.30. The number of aromatic nitrogens is 4. The van der Waals surface area contributed by atoms with Crippen LogP contribution in [0.15, 0.2) is 12.5 Å². The fourth-order valence-corrected chi connectivity index (χ4v) is 1.35. The largest absolute Gasteiger partial charge is 0.396 e. The topological polar surface area (TPSA) is 86.7 Å². The van der Waals surface area contributed by atoms with Crippen molar-refractivity contribution in [1.82, 2.24) is 19.9 Å². The monoisotopic (exact) mass is 221 g/mol. The molecule has 0 amide bonds. The van der Waals surface area contributed by atoms with Gasteiger partial charge in [0.2, 0.25) is 5.95 Å². The minimum absolute atomic E-state index is 0.210. The molecule has 1 atom stereocenters. The summed E-state index contributed by atoms with van der Waals surface area (Å²) in [6.07, 6.45) is 4.16. The molecular formula is C10H15N5O. The first kappa shape index (κ1) is 10.8. The van der Waals surface area contributed by atoms with Crippen LogP contribution in [-0.4, -0.2) is 38.2 Å². The van der Waals surface area contributed by atoms with E-state index in [9.17, 15) is 0 Å². The molecule has 2 aromatic rings. The average Bonchev–Trinajstić information content (AvgIpc) is 2.76. The van der Waals surface area contributed by atoms with Crippen molar-refractivity contribution in [2.75, 3.05) is 18.5 Å². The van der Waals surface area contributed by atoms with Gasteiger partial charge in [-0.1, -0.05) is 6.92 Å². The number of fused-ring (bicyclic) bond motifs is 1. The highest BCUT2D eigenvalue weighted by molar-refractivity contribution is 5.69. The molecule has 0 aromatic carbocycles. The predicted octanol–water partition coefficient (Wildman–Crippen LogP) is 0.783. The highest BCUT2D eigenvalue weighted by Crippen LogP contribution is 2.07. The van der Waals surface area contributed by atoms with Gasteiger partial charge >= 0.3 is 0 Å². The molecule has 6 nitrogen and oxygen atoms in total. The summed E-state index contributed by atoms with van der Waals surface area (Å²) < 4.78 is 0. The molecule has 86 valence electrons. The van der Waals surface area contributed by atoms with Crippen molar-refractivity contribution in [2.24, 2.45) is 5.92 Å². The molecule has 0 saturated heterocycles. The molecule has 6 heteroatoms. The van der Waals surface area contributed by atoms with Gasteiger partial charge in [0.1, 0.15) is 5.52 Å². The van der Waals surface area contributed by atoms with E-state index in [0.717, 1.165) is 24.1 Å². The van der Waals surface area contributed by atoms with E-state index in [1.165, 1.54) is 0 Å². The number of aliphatic hydroxyl groups excluding tert-OH is 1. The Kier molecular flexibility index (Phi) is 3.31. The number of nitrogens with zero attached hydrogens (tertiary/aromatic N) is 3. The van der Waals surface area contributed by atoms with Gasteiger partial charge in [0.05, 0.1) is 12.5 Å². The molecule has 0 spiro atoms. The van der Waals surface area contributed by atoms with Crippen molar-refractivity contribution in [1.29, 1.82) is 0 Å². The van der Waals surface area contributed by atoms with Crippen LogP contribution in [0.4, 0.5) is 5.95 Å². The fourth-order valence-electron chi connectivity index (χ4n) is 1.35. The number of aromatic amines is 1. The quantitative estimate of drug-likeness (QED) is 0.694. The molecule has 0 aliphatic heterocycles. The minimum Gasteiger partial charge on any atom is -0.396 e. The van der Waals surface area contributed by atoms with Crippen LogP contribution in [0.1, 0.15) is 13.3 Å². The summed E-state index contributed by atoms with van der Waals surface area (Å²) in [6, 6.07) is 0. The molecule has 2 aromatic heterocycles. The van der Waals surface area contributed by atoms with Crippen molar-refractivity contribution in [2.45, 2.75) is 13.3 Å². The lowest BCUT2D eigenvalue weighted by atomic mass is 10.1. The normalized spacial score (nSPS) is 12.9. The lowest BCUT2D eigenvalue weighted by Gasteiger charge is -2.08. The smallest absolute Gasteiger partial charge is 0.224 e. The van der Waals surface area contributed by atoms with Gasteiger partial charge in [-0.15, -0.1) is 0 Å². The second kappa shape index (κ2) is 4.89. The summed E-state index contributed by atoms with van der Waals surface area (Å²) in [4.78, 5) is 15.4. The Hall–Kier alpha value is -1.69. The van der Waals surface area contributed by atoms with E-state index in [0.29, 0.717) is 11.9 Å². The summed E-state index contributed by atoms with van der Waals surface area (Å²) in [7, 11) is 0. The zero-order valence-corrected chi connectivity index (χ0v) is 9.14. The molecule has 0 aliphatic rings. The average molecular weight is 221 g/mol. The molecule has 2 heterocycles. The SMILES string of the molecule is CC(CO)CCNc1ncc2nc[nH]c2n1. The van der Waals surface area contributed by atoms with E-state index >= 15 is 0 Å². The number of H-pyrrole nitrogens is 1. The van der Waals surface area contributed by atoms with Gasteiger partial charge in [-0.2, -0.15) is 4.98 Å². The van der Waals surface area contributed by atoms with Crippen LogP contribution in [-0.2, 0) is 0 Å². The molecule has 2 rings (SSSR count). The number of hydrogen-bond donors (Lipinski definition) is 3. The van der Waals surface area contributed by atoms with Gasteiger partial charge < -0.3 is 15.4 Å². The lowest BCUT2D eigenvalue weighted by molar-refractivity contribution is 0.233. The van der Waals surface area contributed by atoms with Crippen molar-refractivity contribution in [3.8, 4) is 0 Å². The molecular weight excluding hydrogens is 206 g/mol. The third-order valence-electron chi connectivity index (χ3n) is 2.41. The van der Waals surface area contributed by atoms with Gasteiger partial charge in [0.25, 0.3) is 0 Å². The number of rotatable bonds is 5. The summed E-state index contributed by atoms with van der Waals surface area (Å²) in [5.74, 6) is 0.880. The van der Waals surface area contributed by atoms with Gasteiger partial charge in [0, 0.05) is 13.2 Å². The standard InChI is InChI=1S/C10H15N5O/c1-7(5-16)2-3-11-10-12-4-8-9(15-10)14-6-13-8/h4,6-7,16H,2-3,5H2,1H3,(H2,11,12,13,14,15). The van der Waals surface area contributed by atoms with Crippen LogP contribution in [0.5, 0.6) is 0 Å². The van der Waals surface area contributed by atoms with Crippen LogP contribution in [0.2, 0.25) is 0 Å². The Balaban J connectivity index is 1.93. The molecule has 0 radical (unpaired) electrons. The van der Waals surface area contributed by atoms with Crippen molar-refractivity contribution >= 4 is 17.1 Å². The maximum atomic E-state index is 8.87. The third-order valence-corrected chi connectivity index (χ3v) is 2.41. The van der Waals surface area contributed by atoms with E-state index < -0.39 is 0 Å².